The first-order chi connectivity index (χ1) is 44.5. The number of hydrogen-bond donors (Lipinski definition) is 5. The smallest absolute Gasteiger partial charge is 0.317 e. The lowest BCUT2D eigenvalue weighted by Crippen LogP contribution is -2.51. The number of piperidine rings is 1. The van der Waals surface area contributed by atoms with E-state index in [4.69, 9.17) is 14.2 Å². The maximum Gasteiger partial charge on any atom is 0.317 e. The molecule has 3 aliphatic heterocycles. The molecule has 0 spiro atoms. The zero-order chi connectivity index (χ0) is 65.9. The molecule has 6 rings (SSSR count). The van der Waals surface area contributed by atoms with Gasteiger partial charge in [0.25, 0.3) is 18.9 Å². The van der Waals surface area contributed by atoms with Crippen LogP contribution in [-0.2, 0) is 49.5 Å². The van der Waals surface area contributed by atoms with E-state index in [1.165, 1.54) is 27.2 Å². The van der Waals surface area contributed by atoms with Gasteiger partial charge in [-0.3, -0.25) is 68.4 Å². The Morgan fingerprint density at radius 3 is 2.15 bits per heavy atom. The number of fused-ring (bicyclic) bond motifs is 1. The van der Waals surface area contributed by atoms with Gasteiger partial charge < -0.3 is 45.1 Å². The lowest BCUT2D eigenvalue weighted by atomic mass is 9.91. The number of aromatic nitrogens is 1. The van der Waals surface area contributed by atoms with Crippen molar-refractivity contribution in [3.63, 3.8) is 0 Å². The quantitative estimate of drug-likeness (QED) is 0.0126. The van der Waals surface area contributed by atoms with Crippen LogP contribution in [0.3, 0.4) is 0 Å². The number of alkyl halides is 1. The predicted molar refractivity (Wildman–Crippen MR) is 351 cm³/mol. The summed E-state index contributed by atoms with van der Waals surface area (Å²) in [6, 6.07) is 16.3. The number of ether oxygens (including phenoxy) is 3. The Kier molecular flexibility index (Phi) is 32.7. The monoisotopic (exact) mass is 1390 g/mol. The number of hydrogen-bond acceptors (Lipinski definition) is 19. The van der Waals surface area contributed by atoms with Gasteiger partial charge in [0.2, 0.25) is 23.6 Å². The fraction of sp³-hybridized carbons (Fsp3) is 0.615. The molecule has 0 radical (unpaired) electrons. The third-order valence-corrected chi connectivity index (χ3v) is 17.5. The number of unbranched alkanes of at least 4 members (excludes halogenated alkanes) is 5. The Hall–Kier alpha value is -7.13. The molecule has 3 aromatic rings. The van der Waals surface area contributed by atoms with Gasteiger partial charge in [-0.2, -0.15) is 10.4 Å². The number of nitriles is 1. The van der Waals surface area contributed by atoms with Crippen LogP contribution in [0.1, 0.15) is 126 Å². The van der Waals surface area contributed by atoms with Crippen LogP contribution in [0.5, 0.6) is 5.75 Å². The van der Waals surface area contributed by atoms with E-state index in [0.717, 1.165) is 77.3 Å². The second kappa shape index (κ2) is 40.8. The van der Waals surface area contributed by atoms with Gasteiger partial charge in [-0.1, -0.05) is 25.0 Å². The number of pyridine rings is 1. The summed E-state index contributed by atoms with van der Waals surface area (Å²) in [7, 11) is 0. The topological polar surface area (TPSA) is 301 Å². The highest BCUT2D eigenvalue weighted by molar-refractivity contribution is 14.1. The maximum atomic E-state index is 14.6. The first-order valence-electron chi connectivity index (χ1n) is 32.3. The normalized spacial score (nSPS) is 18.7. The average Bonchev–Trinajstić information content (AvgIpc) is 1.24. The number of carbonyl (C=O) groups is 8. The third kappa shape index (κ3) is 27.6. The molecule has 1 aromatic heterocycles. The van der Waals surface area contributed by atoms with Crippen molar-refractivity contribution in [1.29, 1.82) is 5.26 Å². The van der Waals surface area contributed by atoms with Gasteiger partial charge in [0.1, 0.15) is 37.1 Å². The van der Waals surface area contributed by atoms with E-state index in [1.807, 2.05) is 25.7 Å². The Bertz CT molecular complexity index is 2900. The molecule has 25 nitrogen and oxygen atoms in total. The summed E-state index contributed by atoms with van der Waals surface area (Å²) in [5.41, 5.74) is 3.57. The van der Waals surface area contributed by atoms with Crippen LogP contribution in [0.25, 0.3) is 10.9 Å². The molecular weight excluding hydrogens is 1300 g/mol. The van der Waals surface area contributed by atoms with Crippen molar-refractivity contribution >= 4 is 88.2 Å². The van der Waals surface area contributed by atoms with Crippen LogP contribution in [0.2, 0.25) is 0 Å². The standard InChI is InChI=1S/C65H93FIN13O12/c1-65(66)40-53(41-68)80(45-65)62(86)42-71-64(89)55-22-27-69-57-21-20-54(39-56(55)57)92-38-9-6-11-51-23-28-79(29-24-51)61(85)15-4-2-3-7-26-72-74-58(13-5-8-25-70-59(83)14-10-12-50-16-18-52(67)19-17-50)73-60(84)43-75-30-31-76(44-63(87)88)33-35-78(47-91-49-82)37-36-77(34-32-75)46-90-48-81/h16-22,26-27,39,48-49,51,53,58,74H,2-15,23-25,28-38,40,42-47H2,1H3,(H,70,83)(H,71,89)(H,73,84)(H,87,88)/b72-26+/t53-,58-,65?/m1/s1. The minimum Gasteiger partial charge on any atom is -0.494 e. The number of rotatable bonds is 37. The van der Waals surface area contributed by atoms with Crippen LogP contribution in [-0.4, -0.2) is 230 Å². The lowest BCUT2D eigenvalue weighted by Gasteiger charge is -2.33. The van der Waals surface area contributed by atoms with Gasteiger partial charge in [0.05, 0.1) is 49.9 Å². The highest BCUT2D eigenvalue weighted by atomic mass is 127. The number of carbonyl (C=O) groups excluding carboxylic acids is 7. The largest absolute Gasteiger partial charge is 0.494 e. The number of aliphatic carboxylic acids is 1. The zero-order valence-corrected chi connectivity index (χ0v) is 55.3. The number of nitrogens with zero attached hydrogens (tertiary/aromatic N) is 9. The average molecular weight is 1390 g/mol. The van der Waals surface area contributed by atoms with Gasteiger partial charge in [-0.15, -0.1) is 0 Å². The van der Waals surface area contributed by atoms with Crippen LogP contribution in [0, 0.1) is 20.8 Å². The fourth-order valence-corrected chi connectivity index (χ4v) is 11.9. The fourth-order valence-electron chi connectivity index (χ4n) is 11.6. The summed E-state index contributed by atoms with van der Waals surface area (Å²) in [5.74, 6) is -0.993. The first-order valence-corrected chi connectivity index (χ1v) is 33.3. The van der Waals surface area contributed by atoms with Gasteiger partial charge in [0, 0.05) is 113 Å². The Morgan fingerprint density at radius 1 is 0.793 bits per heavy atom. The number of benzene rings is 2. The van der Waals surface area contributed by atoms with Crippen molar-refractivity contribution in [1.82, 2.24) is 55.8 Å². The van der Waals surface area contributed by atoms with Crippen LogP contribution in [0.15, 0.2) is 59.8 Å². The van der Waals surface area contributed by atoms with E-state index < -0.39 is 35.7 Å². The Labute approximate surface area is 552 Å². The van der Waals surface area contributed by atoms with Gasteiger partial charge in [-0.05, 0) is 154 Å². The molecule has 5 N–H and O–H groups in total. The molecule has 3 saturated heterocycles. The Balaban J connectivity index is 0.892. The highest BCUT2D eigenvalue weighted by Gasteiger charge is 2.43. The predicted octanol–water partition coefficient (Wildman–Crippen LogP) is 5.05. The molecule has 1 unspecified atom stereocenters. The number of carboxylic acids is 1. The molecule has 27 heteroatoms. The Morgan fingerprint density at radius 2 is 1.48 bits per heavy atom. The lowest BCUT2D eigenvalue weighted by molar-refractivity contribution is -0.139. The minimum atomic E-state index is -1.66. The van der Waals surface area contributed by atoms with Gasteiger partial charge in [0.15, 0.2) is 0 Å². The third-order valence-electron chi connectivity index (χ3n) is 16.8. The summed E-state index contributed by atoms with van der Waals surface area (Å²) in [6.45, 7) is 7.04. The van der Waals surface area contributed by atoms with Crippen molar-refractivity contribution in [2.75, 3.05) is 118 Å². The summed E-state index contributed by atoms with van der Waals surface area (Å²) in [5, 5.41) is 32.9. The summed E-state index contributed by atoms with van der Waals surface area (Å²) < 4.78 is 31.9. The number of aryl methyl sites for hydroxylation is 1. The van der Waals surface area contributed by atoms with E-state index in [9.17, 15) is 53.1 Å². The van der Waals surface area contributed by atoms with Crippen molar-refractivity contribution in [2.45, 2.75) is 134 Å². The van der Waals surface area contributed by atoms with E-state index in [-0.39, 0.29) is 63.8 Å². The van der Waals surface area contributed by atoms with E-state index in [0.29, 0.717) is 145 Å². The molecule has 92 heavy (non-hydrogen) atoms. The van der Waals surface area contributed by atoms with Crippen molar-refractivity contribution in [3.8, 4) is 11.8 Å². The van der Waals surface area contributed by atoms with Gasteiger partial charge in [-0.25, -0.2) is 4.39 Å². The summed E-state index contributed by atoms with van der Waals surface area (Å²) in [4.78, 5) is 115. The van der Waals surface area contributed by atoms with E-state index in [1.54, 1.807) is 35.4 Å². The SMILES string of the molecule is CC1(F)C[C@H](C#N)N(C(=O)CNC(=O)c2ccnc3ccc(OCCCCC4CCN(C(=O)CCCCC/C=N/N[C@H](CCCCNC(=O)CCCc5ccc(I)cc5)NC(=O)CN5CCN(COC=O)CCN(COC=O)CCN(CC(=O)O)CC5)CC4)cc23)C1. The molecule has 504 valence electrons. The molecule has 2 aromatic carbocycles. The molecule has 5 amide bonds. The number of halogens is 2. The summed E-state index contributed by atoms with van der Waals surface area (Å²) in [6.07, 6.45) is 14.9. The van der Waals surface area contributed by atoms with Crippen LogP contribution >= 0.6 is 22.6 Å². The van der Waals surface area contributed by atoms with Gasteiger partial charge >= 0.3 is 5.97 Å². The molecule has 4 heterocycles. The number of carboxylic acid groups (broad SMARTS) is 1. The first kappa shape index (κ1) is 73.9. The summed E-state index contributed by atoms with van der Waals surface area (Å²) >= 11 is 2.27. The number of amides is 5. The maximum absolute atomic E-state index is 14.6. The second-order valence-electron chi connectivity index (χ2n) is 24.1. The van der Waals surface area contributed by atoms with E-state index in [2.05, 4.69) is 78.3 Å². The molecule has 3 fully saturated rings. The minimum absolute atomic E-state index is 0.00289. The molecule has 0 bridgehead atoms. The van der Waals surface area contributed by atoms with E-state index >= 15 is 0 Å². The number of nitrogens with one attached hydrogen (secondary N) is 4. The van der Waals surface area contributed by atoms with Crippen LogP contribution in [0.4, 0.5) is 4.39 Å². The molecule has 3 aliphatic rings. The molecule has 3 atom stereocenters. The molecular formula is C65H93FIN13O12. The molecule has 0 saturated carbocycles. The second-order valence-corrected chi connectivity index (χ2v) is 25.4. The van der Waals surface area contributed by atoms with Crippen molar-refractivity contribution in [3.05, 3.63) is 69.4 Å². The van der Waals surface area contributed by atoms with Crippen LogP contribution < -0.4 is 26.1 Å². The van der Waals surface area contributed by atoms with Crippen molar-refractivity contribution < 1.29 is 62.1 Å². The zero-order valence-electron chi connectivity index (χ0n) is 53.1. The number of hydrazone groups is 1. The number of likely N-dealkylation sites (tertiary alicyclic amines) is 2. The van der Waals surface area contributed by atoms with Crippen molar-refractivity contribution in [2.24, 2.45) is 11.0 Å². The highest BCUT2D eigenvalue weighted by Crippen LogP contribution is 2.30. The molecule has 0 aliphatic carbocycles.